The summed E-state index contributed by atoms with van der Waals surface area (Å²) in [4.78, 5) is 49.7. The lowest BCUT2D eigenvalue weighted by molar-refractivity contribution is -0.182. The largest absolute Gasteiger partial charge is 0.455 e. The molecule has 14 nitrogen and oxygen atoms in total. The van der Waals surface area contributed by atoms with Gasteiger partial charge in [0.2, 0.25) is 11.7 Å². The molecular weight excluding hydrogens is 670 g/mol. The fourth-order valence-electron chi connectivity index (χ4n) is 5.42. The standard InChI is InChI=1S/C27H25N5O6.C11H14O3/c1-27(2,13-28)37-25(34)17-10-11-18-19(12-17)35-26(36-24(33)16-6-4-3-5-7-16)21-20(29-14-32(18)21)22-30-23(38-31-22)15-8-9-15;1-11(2,3)9-7-5-4-6-8(9)10(12)14-13/h3-7,10-12,14-15,26H,8-9,13,28H2,1-2H3;4-7,13H,1-3H3. The minimum absolute atomic E-state index is 0.148. The van der Waals surface area contributed by atoms with Crippen LogP contribution < -0.4 is 10.5 Å². The quantitative estimate of drug-likeness (QED) is 0.0763. The van der Waals surface area contributed by atoms with Gasteiger partial charge in [0.05, 0.1) is 22.4 Å². The number of nitrogens with two attached hydrogens (primary N) is 1. The molecule has 3 N–H and O–H groups in total. The van der Waals surface area contributed by atoms with Crippen molar-refractivity contribution >= 4 is 17.9 Å². The highest BCUT2D eigenvalue weighted by Gasteiger charge is 2.37. The molecule has 5 aromatic rings. The molecule has 7 rings (SSSR count). The van der Waals surface area contributed by atoms with Crippen molar-refractivity contribution in [1.29, 1.82) is 0 Å². The predicted octanol–water partition coefficient (Wildman–Crippen LogP) is 6.56. The summed E-state index contributed by atoms with van der Waals surface area (Å²) in [5.41, 5.74) is 7.97. The van der Waals surface area contributed by atoms with Crippen molar-refractivity contribution in [2.45, 2.75) is 70.7 Å². The van der Waals surface area contributed by atoms with Crippen molar-refractivity contribution in [1.82, 2.24) is 19.7 Å². The number of hydrogen-bond donors (Lipinski definition) is 2. The van der Waals surface area contributed by atoms with Crippen molar-refractivity contribution in [2.75, 3.05) is 6.54 Å². The van der Waals surface area contributed by atoms with Gasteiger partial charge in [-0.3, -0.25) is 9.45 Å². The Kier molecular flexibility index (Phi) is 9.96. The molecule has 0 spiro atoms. The Hall–Kier alpha value is -5.86. The van der Waals surface area contributed by atoms with Crippen LogP contribution >= 0.6 is 0 Å². The Balaban J connectivity index is 0.000000280. The van der Waals surface area contributed by atoms with Crippen molar-refractivity contribution in [3.8, 4) is 23.0 Å². The molecule has 3 heterocycles. The van der Waals surface area contributed by atoms with E-state index in [0.29, 0.717) is 39.8 Å². The van der Waals surface area contributed by atoms with Crippen LogP contribution in [0.25, 0.3) is 17.2 Å². The predicted molar refractivity (Wildman–Crippen MR) is 186 cm³/mol. The first-order valence-corrected chi connectivity index (χ1v) is 16.7. The molecule has 0 saturated heterocycles. The van der Waals surface area contributed by atoms with Crippen LogP contribution in [0, 0.1) is 0 Å². The van der Waals surface area contributed by atoms with Crippen molar-refractivity contribution in [3.05, 3.63) is 113 Å². The molecule has 14 heteroatoms. The molecule has 1 aliphatic carbocycles. The molecule has 1 fully saturated rings. The summed E-state index contributed by atoms with van der Waals surface area (Å²) < 4.78 is 24.6. The number of aromatic nitrogens is 4. The second-order valence-corrected chi connectivity index (χ2v) is 14.0. The van der Waals surface area contributed by atoms with Gasteiger partial charge in [0.25, 0.3) is 6.29 Å². The van der Waals surface area contributed by atoms with E-state index >= 15 is 0 Å². The van der Waals surface area contributed by atoms with Gasteiger partial charge < -0.3 is 24.5 Å². The van der Waals surface area contributed by atoms with Crippen LogP contribution in [-0.2, 0) is 19.8 Å². The third kappa shape index (κ3) is 7.72. The highest BCUT2D eigenvalue weighted by Crippen LogP contribution is 2.43. The lowest BCUT2D eigenvalue weighted by Crippen LogP contribution is -2.36. The van der Waals surface area contributed by atoms with Crippen molar-refractivity contribution < 1.29 is 43.3 Å². The normalized spacial score (nSPS) is 14.9. The summed E-state index contributed by atoms with van der Waals surface area (Å²) in [7, 11) is 0. The van der Waals surface area contributed by atoms with Crippen molar-refractivity contribution in [2.24, 2.45) is 5.73 Å². The molecule has 1 unspecified atom stereocenters. The molecular formula is C38H39N5O9. The summed E-state index contributed by atoms with van der Waals surface area (Å²) in [5.74, 6) is -0.459. The third-order valence-electron chi connectivity index (χ3n) is 8.42. The molecule has 270 valence electrons. The number of carbonyl (C=O) groups excluding carboxylic acids is 3. The zero-order chi connectivity index (χ0) is 37.2. The fraction of sp³-hybridized carbons (Fsp3) is 0.316. The highest BCUT2D eigenvalue weighted by molar-refractivity contribution is 5.92. The van der Waals surface area contributed by atoms with E-state index in [4.69, 9.17) is 29.7 Å². The second kappa shape index (κ2) is 14.4. The Morgan fingerprint density at radius 2 is 1.63 bits per heavy atom. The SMILES string of the molecule is CC(C)(C)c1ccccc1C(=O)OO.CC(C)(CN)OC(=O)c1ccc2c(c1)OC(OC(=O)c1ccccc1)c1c(-c3noc(C4CC4)n3)ncn1-2. The zero-order valence-corrected chi connectivity index (χ0v) is 29.4. The van der Waals surface area contributed by atoms with E-state index in [0.717, 1.165) is 18.4 Å². The van der Waals surface area contributed by atoms with Crippen LogP contribution in [0.3, 0.4) is 0 Å². The molecule has 2 aliphatic rings. The summed E-state index contributed by atoms with van der Waals surface area (Å²) >= 11 is 0. The second-order valence-electron chi connectivity index (χ2n) is 14.0. The lowest BCUT2D eigenvalue weighted by Gasteiger charge is -2.28. The summed E-state index contributed by atoms with van der Waals surface area (Å²) in [6.07, 6.45) is 2.37. The molecule has 1 aliphatic heterocycles. The first-order chi connectivity index (χ1) is 24.8. The van der Waals surface area contributed by atoms with Gasteiger partial charge in [-0.05, 0) is 74.1 Å². The Bertz CT molecular complexity index is 2090. The number of fused-ring (bicyclic) bond motifs is 3. The minimum Gasteiger partial charge on any atom is -0.455 e. The average Bonchev–Trinajstić information content (AvgIpc) is 3.69. The molecule has 1 atom stereocenters. The first-order valence-electron chi connectivity index (χ1n) is 16.7. The third-order valence-corrected chi connectivity index (χ3v) is 8.42. The van der Waals surface area contributed by atoms with Gasteiger partial charge >= 0.3 is 17.9 Å². The van der Waals surface area contributed by atoms with E-state index in [1.807, 2.05) is 32.9 Å². The van der Waals surface area contributed by atoms with Crippen LogP contribution in [-0.4, -0.2) is 55.0 Å². The number of esters is 2. The molecule has 52 heavy (non-hydrogen) atoms. The van der Waals surface area contributed by atoms with Crippen molar-refractivity contribution in [3.63, 3.8) is 0 Å². The van der Waals surface area contributed by atoms with Gasteiger partial charge in [-0.1, -0.05) is 62.3 Å². The smallest absolute Gasteiger partial charge is 0.373 e. The summed E-state index contributed by atoms with van der Waals surface area (Å²) in [5, 5.41) is 12.4. The van der Waals surface area contributed by atoms with Gasteiger partial charge in [0.1, 0.15) is 29.1 Å². The zero-order valence-electron chi connectivity index (χ0n) is 29.4. The van der Waals surface area contributed by atoms with E-state index in [-0.39, 0.29) is 29.3 Å². The molecule has 2 aromatic heterocycles. The van der Waals surface area contributed by atoms with E-state index in [9.17, 15) is 14.4 Å². The van der Waals surface area contributed by atoms with E-state index in [1.165, 1.54) is 6.07 Å². The van der Waals surface area contributed by atoms with Crippen LogP contribution in [0.5, 0.6) is 5.75 Å². The molecule has 0 radical (unpaired) electrons. The van der Waals surface area contributed by atoms with Gasteiger partial charge in [0, 0.05) is 12.5 Å². The number of imidazole rings is 1. The maximum absolute atomic E-state index is 13.0. The summed E-state index contributed by atoms with van der Waals surface area (Å²) in [6, 6.07) is 20.5. The Morgan fingerprint density at radius 3 is 2.31 bits per heavy atom. The lowest BCUT2D eigenvalue weighted by atomic mass is 9.84. The number of ether oxygens (including phenoxy) is 3. The maximum atomic E-state index is 13.0. The van der Waals surface area contributed by atoms with Gasteiger partial charge in [-0.2, -0.15) is 10.2 Å². The molecule has 3 aromatic carbocycles. The fourth-order valence-corrected chi connectivity index (χ4v) is 5.42. The topological polar surface area (TPSA) is 191 Å². The van der Waals surface area contributed by atoms with Gasteiger partial charge in [0.15, 0.2) is 0 Å². The molecule has 1 saturated carbocycles. The van der Waals surface area contributed by atoms with Gasteiger partial charge in [-0.25, -0.2) is 19.4 Å². The monoisotopic (exact) mass is 709 g/mol. The van der Waals surface area contributed by atoms with E-state index < -0.39 is 29.8 Å². The van der Waals surface area contributed by atoms with Crippen LogP contribution in [0.15, 0.2) is 83.6 Å². The minimum atomic E-state index is -1.21. The van der Waals surface area contributed by atoms with Crippen LogP contribution in [0.2, 0.25) is 0 Å². The number of hydrogen-bond acceptors (Lipinski definition) is 13. The van der Waals surface area contributed by atoms with Gasteiger partial charge in [-0.15, -0.1) is 0 Å². The molecule has 0 amide bonds. The average molecular weight is 710 g/mol. The van der Waals surface area contributed by atoms with Crippen LogP contribution in [0.1, 0.15) is 108 Å². The van der Waals surface area contributed by atoms with E-state index in [2.05, 4.69) is 20.0 Å². The highest BCUT2D eigenvalue weighted by atomic mass is 17.1. The van der Waals surface area contributed by atoms with E-state index in [1.54, 1.807) is 79.3 Å². The summed E-state index contributed by atoms with van der Waals surface area (Å²) in [6.45, 7) is 9.61. The van der Waals surface area contributed by atoms with Crippen LogP contribution in [0.4, 0.5) is 0 Å². The number of rotatable bonds is 8. The number of carbonyl (C=O) groups is 3. The number of nitrogens with zero attached hydrogens (tertiary/aromatic N) is 4. The first kappa shape index (κ1) is 35.9. The Morgan fingerprint density at radius 1 is 0.923 bits per heavy atom. The maximum Gasteiger partial charge on any atom is 0.373 e. The Labute approximate surface area is 299 Å². The number of benzene rings is 3. The molecule has 0 bridgehead atoms.